The first kappa shape index (κ1) is 19.1. The van der Waals surface area contributed by atoms with Gasteiger partial charge < -0.3 is 15.0 Å². The molecule has 2 heterocycles. The van der Waals surface area contributed by atoms with Crippen LogP contribution in [0, 0.1) is 5.92 Å². The molecule has 0 spiro atoms. The minimum absolute atomic E-state index is 0. The summed E-state index contributed by atoms with van der Waals surface area (Å²) in [4.78, 5) is 14.5. The Morgan fingerprint density at radius 3 is 2.75 bits per heavy atom. The Bertz CT molecular complexity index is 524. The second-order valence-electron chi connectivity index (χ2n) is 6.83. The number of hydrogen-bond acceptors (Lipinski definition) is 3. The van der Waals surface area contributed by atoms with Crippen LogP contribution in [0.1, 0.15) is 43.6 Å². The summed E-state index contributed by atoms with van der Waals surface area (Å²) in [6.07, 6.45) is 5.11. The summed E-state index contributed by atoms with van der Waals surface area (Å²) in [6.45, 7) is 3.99. The third kappa shape index (κ3) is 4.87. The maximum atomic E-state index is 12.4. The Morgan fingerprint density at radius 1 is 1.29 bits per heavy atom. The number of ether oxygens (including phenoxy) is 1. The average Bonchev–Trinajstić information content (AvgIpc) is 3.13. The first-order valence-electron chi connectivity index (χ1n) is 8.88. The molecular weight excluding hydrogens is 324 g/mol. The van der Waals surface area contributed by atoms with Gasteiger partial charge in [-0.25, -0.2) is 0 Å². The number of hydrogen-bond donors (Lipinski definition) is 1. The minimum atomic E-state index is 0. The fraction of sp³-hybridized carbons (Fsp3) is 0.632. The molecular formula is C19H29ClN2O2. The number of carbonyl (C=O) groups excluding carboxylic acids is 1. The van der Waals surface area contributed by atoms with Gasteiger partial charge in [0, 0.05) is 19.5 Å². The van der Waals surface area contributed by atoms with Crippen LogP contribution in [0.5, 0.6) is 5.75 Å². The maximum Gasteiger partial charge on any atom is 0.222 e. The van der Waals surface area contributed by atoms with Gasteiger partial charge in [-0.15, -0.1) is 12.4 Å². The molecule has 0 aromatic heterocycles. The Morgan fingerprint density at radius 2 is 2.08 bits per heavy atom. The van der Waals surface area contributed by atoms with Crippen molar-refractivity contribution in [2.45, 2.75) is 38.0 Å². The highest BCUT2D eigenvalue weighted by molar-refractivity contribution is 5.85. The smallest absolute Gasteiger partial charge is 0.222 e. The number of halogens is 1. The fourth-order valence-electron chi connectivity index (χ4n) is 3.80. The van der Waals surface area contributed by atoms with Gasteiger partial charge in [-0.2, -0.15) is 0 Å². The van der Waals surface area contributed by atoms with E-state index in [-0.39, 0.29) is 12.4 Å². The topological polar surface area (TPSA) is 41.6 Å². The molecule has 0 radical (unpaired) electrons. The zero-order valence-electron chi connectivity index (χ0n) is 14.5. The van der Waals surface area contributed by atoms with Gasteiger partial charge in [0.1, 0.15) is 5.75 Å². The number of carbonyl (C=O) groups is 1. The predicted molar refractivity (Wildman–Crippen MR) is 99.0 cm³/mol. The molecule has 5 heteroatoms. The summed E-state index contributed by atoms with van der Waals surface area (Å²) < 4.78 is 5.32. The number of methoxy groups -OCH3 is 1. The van der Waals surface area contributed by atoms with Crippen LogP contribution >= 0.6 is 12.4 Å². The molecule has 24 heavy (non-hydrogen) atoms. The van der Waals surface area contributed by atoms with Crippen LogP contribution in [0.4, 0.5) is 0 Å². The van der Waals surface area contributed by atoms with E-state index in [0.29, 0.717) is 17.7 Å². The van der Waals surface area contributed by atoms with Gasteiger partial charge in [0.05, 0.1) is 7.11 Å². The molecule has 1 unspecified atom stereocenters. The molecule has 1 atom stereocenters. The quantitative estimate of drug-likeness (QED) is 0.884. The van der Waals surface area contributed by atoms with Crippen LogP contribution in [0.2, 0.25) is 0 Å². The molecule has 1 aromatic rings. The Labute approximate surface area is 151 Å². The Kier molecular flexibility index (Phi) is 7.38. The highest BCUT2D eigenvalue weighted by atomic mass is 35.5. The molecule has 2 aliphatic rings. The van der Waals surface area contributed by atoms with Crippen molar-refractivity contribution < 1.29 is 9.53 Å². The second-order valence-corrected chi connectivity index (χ2v) is 6.83. The van der Waals surface area contributed by atoms with E-state index in [4.69, 9.17) is 4.74 Å². The Balaban J connectivity index is 0.00000208. The van der Waals surface area contributed by atoms with Gasteiger partial charge in [0.25, 0.3) is 0 Å². The summed E-state index contributed by atoms with van der Waals surface area (Å²) >= 11 is 0. The van der Waals surface area contributed by atoms with Crippen LogP contribution in [0.25, 0.3) is 0 Å². The lowest BCUT2D eigenvalue weighted by atomic mass is 9.89. The van der Waals surface area contributed by atoms with Gasteiger partial charge in [-0.3, -0.25) is 4.79 Å². The summed E-state index contributed by atoms with van der Waals surface area (Å²) in [5.41, 5.74) is 1.34. The maximum absolute atomic E-state index is 12.4. The largest absolute Gasteiger partial charge is 0.497 e. The van der Waals surface area contributed by atoms with Crippen LogP contribution in [0.15, 0.2) is 24.3 Å². The van der Waals surface area contributed by atoms with Crippen molar-refractivity contribution in [1.29, 1.82) is 0 Å². The average molecular weight is 353 g/mol. The highest BCUT2D eigenvalue weighted by Gasteiger charge is 2.25. The Hall–Kier alpha value is -1.26. The van der Waals surface area contributed by atoms with Crippen molar-refractivity contribution in [3.8, 4) is 5.75 Å². The van der Waals surface area contributed by atoms with Crippen LogP contribution in [-0.4, -0.2) is 44.1 Å². The summed E-state index contributed by atoms with van der Waals surface area (Å²) in [6, 6.07) is 8.36. The lowest BCUT2D eigenvalue weighted by Gasteiger charge is -2.32. The predicted octanol–water partition coefficient (Wildman–Crippen LogP) is 3.21. The van der Waals surface area contributed by atoms with E-state index in [1.807, 2.05) is 6.07 Å². The van der Waals surface area contributed by atoms with E-state index in [2.05, 4.69) is 28.4 Å². The molecule has 1 aromatic carbocycles. The number of likely N-dealkylation sites (tertiary alicyclic amines) is 1. The number of nitrogens with one attached hydrogen (secondary N) is 1. The second kappa shape index (κ2) is 9.28. The summed E-state index contributed by atoms with van der Waals surface area (Å²) in [5.74, 6) is 2.52. The molecule has 0 bridgehead atoms. The van der Waals surface area contributed by atoms with E-state index >= 15 is 0 Å². The van der Waals surface area contributed by atoms with Crippen molar-refractivity contribution in [2.75, 3.05) is 33.3 Å². The van der Waals surface area contributed by atoms with Gasteiger partial charge in [0.2, 0.25) is 5.91 Å². The molecule has 2 fully saturated rings. The van der Waals surface area contributed by atoms with Gasteiger partial charge in [0.15, 0.2) is 0 Å². The number of benzene rings is 1. The first-order valence-corrected chi connectivity index (χ1v) is 8.88. The fourth-order valence-corrected chi connectivity index (χ4v) is 3.80. The monoisotopic (exact) mass is 352 g/mol. The van der Waals surface area contributed by atoms with Crippen molar-refractivity contribution in [3.63, 3.8) is 0 Å². The zero-order chi connectivity index (χ0) is 16.1. The molecule has 4 nitrogen and oxygen atoms in total. The number of piperidine rings is 1. The van der Waals surface area contributed by atoms with Crippen molar-refractivity contribution >= 4 is 18.3 Å². The minimum Gasteiger partial charge on any atom is -0.497 e. The molecule has 2 aliphatic heterocycles. The molecule has 1 N–H and O–H groups in total. The first-order chi connectivity index (χ1) is 11.3. The SMILES string of the molecule is COc1cccc(C2CCN(C(=O)CCC3CCNC3)CC2)c1.Cl. The van der Waals surface area contributed by atoms with Gasteiger partial charge in [-0.05, 0) is 68.3 Å². The van der Waals surface area contributed by atoms with E-state index < -0.39 is 0 Å². The number of nitrogens with zero attached hydrogens (tertiary/aromatic N) is 1. The lowest BCUT2D eigenvalue weighted by molar-refractivity contribution is -0.132. The number of amides is 1. The molecule has 0 aliphatic carbocycles. The standard InChI is InChI=1S/C19H28N2O2.ClH/c1-23-18-4-2-3-17(13-18)16-8-11-21(12-9-16)19(22)6-5-15-7-10-20-14-15;/h2-4,13,15-16,20H,5-12,14H2,1H3;1H. The third-order valence-electron chi connectivity index (χ3n) is 5.34. The van der Waals surface area contributed by atoms with Crippen LogP contribution in [0.3, 0.4) is 0 Å². The summed E-state index contributed by atoms with van der Waals surface area (Å²) in [5, 5.41) is 3.37. The highest BCUT2D eigenvalue weighted by Crippen LogP contribution is 2.30. The lowest BCUT2D eigenvalue weighted by Crippen LogP contribution is -2.38. The third-order valence-corrected chi connectivity index (χ3v) is 5.34. The van der Waals surface area contributed by atoms with E-state index in [1.165, 1.54) is 12.0 Å². The van der Waals surface area contributed by atoms with Gasteiger partial charge in [-0.1, -0.05) is 12.1 Å². The molecule has 2 saturated heterocycles. The van der Waals surface area contributed by atoms with Crippen LogP contribution < -0.4 is 10.1 Å². The van der Waals surface area contributed by atoms with Crippen molar-refractivity contribution in [3.05, 3.63) is 29.8 Å². The van der Waals surface area contributed by atoms with Crippen LogP contribution in [-0.2, 0) is 4.79 Å². The molecule has 1 amide bonds. The molecule has 3 rings (SSSR count). The van der Waals surface area contributed by atoms with E-state index in [1.54, 1.807) is 7.11 Å². The van der Waals surface area contributed by atoms with Gasteiger partial charge >= 0.3 is 0 Å². The summed E-state index contributed by atoms with van der Waals surface area (Å²) in [7, 11) is 1.71. The normalized spacial score (nSPS) is 21.4. The van der Waals surface area contributed by atoms with E-state index in [0.717, 1.165) is 57.6 Å². The van der Waals surface area contributed by atoms with Crippen molar-refractivity contribution in [2.24, 2.45) is 5.92 Å². The van der Waals surface area contributed by atoms with E-state index in [9.17, 15) is 4.79 Å². The van der Waals surface area contributed by atoms with Crippen molar-refractivity contribution in [1.82, 2.24) is 10.2 Å². The molecule has 134 valence electrons. The zero-order valence-corrected chi connectivity index (χ0v) is 15.3. The number of rotatable bonds is 5. The molecule has 0 saturated carbocycles.